The van der Waals surface area contributed by atoms with Gasteiger partial charge in [0.05, 0.1) is 12.2 Å². The van der Waals surface area contributed by atoms with Crippen molar-refractivity contribution in [1.82, 2.24) is 19.9 Å². The fraction of sp³-hybridized carbons (Fsp3) is 0.0952. The van der Waals surface area contributed by atoms with Crippen LogP contribution in [0.1, 0.15) is 5.69 Å². The minimum absolute atomic E-state index is 0.0488. The van der Waals surface area contributed by atoms with Gasteiger partial charge < -0.3 is 9.88 Å². The van der Waals surface area contributed by atoms with Crippen LogP contribution < -0.4 is 5.32 Å². The molecular weight excluding hydrogens is 324 g/mol. The topological polar surface area (TPSA) is 59.8 Å². The first-order valence-corrected chi connectivity index (χ1v) is 8.46. The number of amides is 1. The lowest BCUT2D eigenvalue weighted by molar-refractivity contribution is -0.121. The summed E-state index contributed by atoms with van der Waals surface area (Å²) in [7, 11) is 0. The molecular formula is C21H18N4O. The molecule has 4 rings (SSSR count). The Balaban J connectivity index is 1.61. The SMILES string of the molecule is O=C(Cn1c(-c2ccncc2)cc2ccccc21)NCc1ccccn1. The van der Waals surface area contributed by atoms with E-state index in [1.54, 1.807) is 18.6 Å². The number of rotatable bonds is 5. The number of nitrogens with one attached hydrogen (secondary N) is 1. The lowest BCUT2D eigenvalue weighted by Crippen LogP contribution is -2.27. The van der Waals surface area contributed by atoms with Crippen LogP contribution in [0.3, 0.4) is 0 Å². The summed E-state index contributed by atoms with van der Waals surface area (Å²) in [5.41, 5.74) is 3.91. The molecule has 0 aliphatic heterocycles. The van der Waals surface area contributed by atoms with Gasteiger partial charge in [0.25, 0.3) is 0 Å². The third-order valence-electron chi connectivity index (χ3n) is 4.28. The molecule has 0 aliphatic carbocycles. The van der Waals surface area contributed by atoms with Crippen molar-refractivity contribution in [3.05, 3.63) is 84.9 Å². The Hall–Kier alpha value is -3.47. The molecule has 0 atom stereocenters. The van der Waals surface area contributed by atoms with Crippen LogP contribution in [0.25, 0.3) is 22.2 Å². The monoisotopic (exact) mass is 342 g/mol. The summed E-state index contributed by atoms with van der Waals surface area (Å²) in [4.78, 5) is 20.9. The quantitative estimate of drug-likeness (QED) is 0.604. The van der Waals surface area contributed by atoms with Gasteiger partial charge in [-0.05, 0) is 36.4 Å². The van der Waals surface area contributed by atoms with Gasteiger partial charge in [-0.25, -0.2) is 0 Å². The standard InChI is InChI=1S/C21H18N4O/c26-21(24-14-18-6-3-4-10-23-18)15-25-19-7-2-1-5-17(19)13-20(25)16-8-11-22-12-9-16/h1-13H,14-15H2,(H,24,26). The Bertz CT molecular complexity index is 1030. The molecule has 1 aromatic carbocycles. The fourth-order valence-electron chi connectivity index (χ4n) is 3.03. The summed E-state index contributed by atoms with van der Waals surface area (Å²) < 4.78 is 2.04. The molecule has 1 amide bonds. The Morgan fingerprint density at radius 3 is 2.58 bits per heavy atom. The fourth-order valence-corrected chi connectivity index (χ4v) is 3.03. The van der Waals surface area contributed by atoms with Crippen molar-refractivity contribution >= 4 is 16.8 Å². The van der Waals surface area contributed by atoms with Crippen LogP contribution in [-0.4, -0.2) is 20.4 Å². The minimum Gasteiger partial charge on any atom is -0.349 e. The second-order valence-corrected chi connectivity index (χ2v) is 6.01. The molecule has 3 heterocycles. The van der Waals surface area contributed by atoms with Crippen molar-refractivity contribution in [3.63, 3.8) is 0 Å². The molecule has 0 aliphatic rings. The zero-order valence-corrected chi connectivity index (χ0v) is 14.2. The van der Waals surface area contributed by atoms with Crippen molar-refractivity contribution in [2.45, 2.75) is 13.1 Å². The summed E-state index contributed by atoms with van der Waals surface area (Å²) >= 11 is 0. The van der Waals surface area contributed by atoms with E-state index in [9.17, 15) is 4.79 Å². The summed E-state index contributed by atoms with van der Waals surface area (Å²) in [5.74, 6) is -0.0488. The highest BCUT2D eigenvalue weighted by Crippen LogP contribution is 2.27. The number of fused-ring (bicyclic) bond motifs is 1. The molecule has 5 nitrogen and oxygen atoms in total. The van der Waals surface area contributed by atoms with Crippen LogP contribution in [0.5, 0.6) is 0 Å². The molecule has 0 spiro atoms. The van der Waals surface area contributed by atoms with Gasteiger partial charge in [-0.1, -0.05) is 24.3 Å². The first kappa shape index (κ1) is 16.0. The number of para-hydroxylation sites is 1. The number of hydrogen-bond acceptors (Lipinski definition) is 3. The number of benzene rings is 1. The first-order chi connectivity index (χ1) is 12.8. The van der Waals surface area contributed by atoms with E-state index in [-0.39, 0.29) is 12.5 Å². The van der Waals surface area contributed by atoms with Gasteiger partial charge in [0.15, 0.2) is 0 Å². The third-order valence-corrected chi connectivity index (χ3v) is 4.28. The van der Waals surface area contributed by atoms with Gasteiger partial charge in [0.2, 0.25) is 5.91 Å². The Morgan fingerprint density at radius 1 is 0.962 bits per heavy atom. The summed E-state index contributed by atoms with van der Waals surface area (Å²) in [5, 5.41) is 4.05. The van der Waals surface area contributed by atoms with Crippen molar-refractivity contribution in [3.8, 4) is 11.3 Å². The van der Waals surface area contributed by atoms with Crippen LogP contribution in [0, 0.1) is 0 Å². The highest BCUT2D eigenvalue weighted by atomic mass is 16.1. The van der Waals surface area contributed by atoms with Crippen molar-refractivity contribution in [1.29, 1.82) is 0 Å². The van der Waals surface area contributed by atoms with Crippen molar-refractivity contribution < 1.29 is 4.79 Å². The first-order valence-electron chi connectivity index (χ1n) is 8.46. The van der Waals surface area contributed by atoms with Gasteiger partial charge >= 0.3 is 0 Å². The lowest BCUT2D eigenvalue weighted by atomic mass is 10.2. The zero-order chi connectivity index (χ0) is 17.8. The van der Waals surface area contributed by atoms with E-state index in [1.165, 1.54) is 0 Å². The average molecular weight is 342 g/mol. The van der Waals surface area contributed by atoms with E-state index >= 15 is 0 Å². The molecule has 0 fully saturated rings. The molecule has 0 bridgehead atoms. The molecule has 0 saturated carbocycles. The highest BCUT2D eigenvalue weighted by molar-refractivity contribution is 5.89. The molecule has 1 N–H and O–H groups in total. The normalized spacial score (nSPS) is 10.8. The molecule has 3 aromatic heterocycles. The van der Waals surface area contributed by atoms with Crippen LogP contribution in [0.4, 0.5) is 0 Å². The van der Waals surface area contributed by atoms with Crippen LogP contribution in [-0.2, 0) is 17.9 Å². The van der Waals surface area contributed by atoms with Gasteiger partial charge in [0.1, 0.15) is 6.54 Å². The molecule has 5 heteroatoms. The van der Waals surface area contributed by atoms with E-state index in [1.807, 2.05) is 53.1 Å². The second-order valence-electron chi connectivity index (χ2n) is 6.01. The lowest BCUT2D eigenvalue weighted by Gasteiger charge is -2.11. The van der Waals surface area contributed by atoms with Crippen LogP contribution in [0.2, 0.25) is 0 Å². The molecule has 0 saturated heterocycles. The van der Waals surface area contributed by atoms with Crippen LogP contribution >= 0.6 is 0 Å². The van der Waals surface area contributed by atoms with Gasteiger partial charge in [0, 0.05) is 40.8 Å². The van der Waals surface area contributed by atoms with Crippen molar-refractivity contribution in [2.75, 3.05) is 0 Å². The van der Waals surface area contributed by atoms with E-state index in [4.69, 9.17) is 0 Å². The summed E-state index contributed by atoms with van der Waals surface area (Å²) in [6, 6.07) is 19.8. The highest BCUT2D eigenvalue weighted by Gasteiger charge is 2.13. The average Bonchev–Trinajstić information content (AvgIpc) is 3.06. The van der Waals surface area contributed by atoms with E-state index in [2.05, 4.69) is 27.4 Å². The predicted molar refractivity (Wildman–Crippen MR) is 101 cm³/mol. The van der Waals surface area contributed by atoms with Crippen molar-refractivity contribution in [2.24, 2.45) is 0 Å². The predicted octanol–water partition coefficient (Wildman–Crippen LogP) is 3.41. The molecule has 26 heavy (non-hydrogen) atoms. The molecule has 4 aromatic rings. The molecule has 128 valence electrons. The number of nitrogens with zero attached hydrogens (tertiary/aromatic N) is 3. The summed E-state index contributed by atoms with van der Waals surface area (Å²) in [6.45, 7) is 0.668. The Kier molecular flexibility index (Phi) is 4.43. The maximum atomic E-state index is 12.5. The van der Waals surface area contributed by atoms with Gasteiger partial charge in [-0.3, -0.25) is 14.8 Å². The van der Waals surface area contributed by atoms with Crippen LogP contribution in [0.15, 0.2) is 79.3 Å². The summed E-state index contributed by atoms with van der Waals surface area (Å²) in [6.07, 6.45) is 5.25. The number of aromatic nitrogens is 3. The van der Waals surface area contributed by atoms with Gasteiger partial charge in [-0.15, -0.1) is 0 Å². The van der Waals surface area contributed by atoms with Gasteiger partial charge in [-0.2, -0.15) is 0 Å². The molecule has 0 unspecified atom stereocenters. The zero-order valence-electron chi connectivity index (χ0n) is 14.2. The largest absolute Gasteiger partial charge is 0.349 e. The van der Waals surface area contributed by atoms with E-state index in [0.717, 1.165) is 27.9 Å². The molecule has 0 radical (unpaired) electrons. The maximum Gasteiger partial charge on any atom is 0.240 e. The minimum atomic E-state index is -0.0488. The maximum absolute atomic E-state index is 12.5. The Morgan fingerprint density at radius 2 is 1.77 bits per heavy atom. The third kappa shape index (κ3) is 3.32. The second kappa shape index (κ2) is 7.19. The number of hydrogen-bond donors (Lipinski definition) is 1. The Labute approximate surface area is 151 Å². The van der Waals surface area contributed by atoms with E-state index in [0.29, 0.717) is 6.54 Å². The smallest absolute Gasteiger partial charge is 0.240 e. The van der Waals surface area contributed by atoms with E-state index < -0.39 is 0 Å². The number of carbonyl (C=O) groups is 1. The number of pyridine rings is 2. The number of carbonyl (C=O) groups excluding carboxylic acids is 1.